The highest BCUT2D eigenvalue weighted by Gasteiger charge is 2.21. The molecule has 0 bridgehead atoms. The smallest absolute Gasteiger partial charge is 0.263 e. The summed E-state index contributed by atoms with van der Waals surface area (Å²) >= 11 is 3.37. The van der Waals surface area contributed by atoms with Gasteiger partial charge >= 0.3 is 6.55 Å². The zero-order valence-electron chi connectivity index (χ0n) is 14.7. The second-order valence-corrected chi connectivity index (χ2v) is 7.02. The van der Waals surface area contributed by atoms with E-state index in [0.717, 1.165) is 15.7 Å². The van der Waals surface area contributed by atoms with Gasteiger partial charge in [-0.1, -0.05) is 0 Å². The lowest BCUT2D eigenvalue weighted by molar-refractivity contribution is 0.0561. The zero-order valence-corrected chi connectivity index (χ0v) is 16.3. The van der Waals surface area contributed by atoms with Gasteiger partial charge in [-0.2, -0.15) is 24.1 Å². The molecule has 144 valence electrons. The molecule has 0 saturated heterocycles. The highest BCUT2D eigenvalue weighted by Crippen LogP contribution is 2.25. The van der Waals surface area contributed by atoms with Crippen molar-refractivity contribution in [3.63, 3.8) is 0 Å². The van der Waals surface area contributed by atoms with Gasteiger partial charge in [0.25, 0.3) is 0 Å². The summed E-state index contributed by atoms with van der Waals surface area (Å²) in [7, 11) is 1.80. The van der Waals surface area contributed by atoms with Crippen LogP contribution in [0.5, 0.6) is 0 Å². The van der Waals surface area contributed by atoms with Crippen LogP contribution in [0.2, 0.25) is 0 Å². The molecule has 28 heavy (non-hydrogen) atoms. The summed E-state index contributed by atoms with van der Waals surface area (Å²) in [5.74, 6) is 0.677. The molecule has 0 aromatic carbocycles. The predicted molar refractivity (Wildman–Crippen MR) is 99.5 cm³/mol. The quantitative estimate of drug-likeness (QED) is 0.452. The summed E-state index contributed by atoms with van der Waals surface area (Å²) in [4.78, 5) is 8.69. The first-order chi connectivity index (χ1) is 13.5. The van der Waals surface area contributed by atoms with E-state index in [1.807, 2.05) is 18.3 Å². The highest BCUT2D eigenvalue weighted by molar-refractivity contribution is 9.10. The molecular formula is C17H15BrF2N8. The van der Waals surface area contributed by atoms with E-state index in [-0.39, 0.29) is 6.04 Å². The van der Waals surface area contributed by atoms with Crippen LogP contribution in [-0.4, -0.2) is 39.3 Å². The Balaban J connectivity index is 1.69. The van der Waals surface area contributed by atoms with Crippen molar-refractivity contribution in [1.29, 1.82) is 0 Å². The summed E-state index contributed by atoms with van der Waals surface area (Å²) in [6.07, 6.45) is 8.30. The third kappa shape index (κ3) is 3.70. The van der Waals surface area contributed by atoms with E-state index < -0.39 is 6.55 Å². The molecule has 0 radical (unpaired) electrons. The van der Waals surface area contributed by atoms with Crippen molar-refractivity contribution in [3.8, 4) is 11.4 Å². The minimum Gasteiger partial charge on any atom is -0.263 e. The van der Waals surface area contributed by atoms with Gasteiger partial charge < -0.3 is 0 Å². The Morgan fingerprint density at radius 3 is 2.57 bits per heavy atom. The van der Waals surface area contributed by atoms with E-state index in [4.69, 9.17) is 0 Å². The van der Waals surface area contributed by atoms with Crippen LogP contribution in [0, 0.1) is 0 Å². The molecule has 4 heterocycles. The topological polar surface area (TPSA) is 79.2 Å². The van der Waals surface area contributed by atoms with E-state index in [9.17, 15) is 8.78 Å². The van der Waals surface area contributed by atoms with E-state index in [1.165, 1.54) is 12.5 Å². The van der Waals surface area contributed by atoms with Gasteiger partial charge in [-0.05, 0) is 34.1 Å². The van der Waals surface area contributed by atoms with Gasteiger partial charge in [0.15, 0.2) is 5.82 Å². The third-order valence-corrected chi connectivity index (χ3v) is 4.72. The lowest BCUT2D eigenvalue weighted by atomic mass is 10.1. The second-order valence-electron chi connectivity index (χ2n) is 6.10. The summed E-state index contributed by atoms with van der Waals surface area (Å²) in [6.45, 7) is -2.68. The number of hydrogen-bond acceptors (Lipinski definition) is 5. The molecule has 0 fully saturated rings. The van der Waals surface area contributed by atoms with Gasteiger partial charge in [0.1, 0.15) is 6.33 Å². The maximum atomic E-state index is 12.9. The molecule has 4 aromatic rings. The average Bonchev–Trinajstić information content (AvgIpc) is 3.41. The number of hydrogen-bond donors (Lipinski definition) is 0. The fourth-order valence-corrected chi connectivity index (χ4v) is 3.13. The molecule has 8 nitrogen and oxygen atoms in total. The first kappa shape index (κ1) is 18.4. The first-order valence-electron chi connectivity index (χ1n) is 8.33. The first-order valence-corrected chi connectivity index (χ1v) is 9.12. The Bertz CT molecular complexity index is 1070. The SMILES string of the molecule is Cn1ncnc1-c1cnn(C(Cc2ccn(C(F)F)n2)c2ccc(Br)cn2)c1. The maximum Gasteiger partial charge on any atom is 0.333 e. The molecular weight excluding hydrogens is 434 g/mol. The van der Waals surface area contributed by atoms with Crippen LogP contribution >= 0.6 is 15.9 Å². The van der Waals surface area contributed by atoms with Crippen LogP contribution in [0.25, 0.3) is 11.4 Å². The Labute approximate surface area is 167 Å². The van der Waals surface area contributed by atoms with Crippen LogP contribution in [0.1, 0.15) is 24.0 Å². The lowest BCUT2D eigenvalue weighted by Crippen LogP contribution is -2.16. The number of halogens is 3. The van der Waals surface area contributed by atoms with Crippen LogP contribution in [0.4, 0.5) is 8.78 Å². The van der Waals surface area contributed by atoms with Gasteiger partial charge in [0.2, 0.25) is 0 Å². The van der Waals surface area contributed by atoms with Crippen molar-refractivity contribution in [2.75, 3.05) is 0 Å². The summed E-state index contributed by atoms with van der Waals surface area (Å²) in [5.41, 5.74) is 2.05. The average molecular weight is 449 g/mol. The van der Waals surface area contributed by atoms with Gasteiger partial charge in [-0.15, -0.1) is 0 Å². The van der Waals surface area contributed by atoms with Crippen molar-refractivity contribution in [2.24, 2.45) is 7.05 Å². The van der Waals surface area contributed by atoms with Gasteiger partial charge in [0.05, 0.1) is 29.2 Å². The maximum absolute atomic E-state index is 12.9. The zero-order chi connectivity index (χ0) is 19.7. The Hall–Kier alpha value is -2.95. The molecule has 0 aliphatic rings. The molecule has 0 aliphatic heterocycles. The molecule has 0 saturated carbocycles. The van der Waals surface area contributed by atoms with E-state index in [1.54, 1.807) is 34.9 Å². The van der Waals surface area contributed by atoms with Crippen LogP contribution in [0.15, 0.2) is 53.8 Å². The van der Waals surface area contributed by atoms with E-state index >= 15 is 0 Å². The number of nitrogens with zero attached hydrogens (tertiary/aromatic N) is 8. The number of rotatable bonds is 6. The molecule has 0 amide bonds. The number of aryl methyl sites for hydroxylation is 1. The van der Waals surface area contributed by atoms with Crippen LogP contribution in [-0.2, 0) is 13.5 Å². The van der Waals surface area contributed by atoms with E-state index in [0.29, 0.717) is 22.6 Å². The molecule has 1 atom stereocenters. The Morgan fingerprint density at radius 1 is 1.07 bits per heavy atom. The standard InChI is InChI=1S/C17H15BrF2N8/c1-26-16(22-10-24-26)11-7-23-28(9-11)15(14-3-2-12(18)8-21-14)6-13-4-5-27(25-13)17(19)20/h2-5,7-10,15,17H,6H2,1H3. The summed E-state index contributed by atoms with van der Waals surface area (Å²) in [6, 6.07) is 4.99. The minimum atomic E-state index is -2.68. The fourth-order valence-electron chi connectivity index (χ4n) is 2.89. The summed E-state index contributed by atoms with van der Waals surface area (Å²) in [5, 5.41) is 12.5. The van der Waals surface area contributed by atoms with Crippen molar-refractivity contribution in [3.05, 3.63) is 65.2 Å². The number of pyridine rings is 1. The van der Waals surface area contributed by atoms with E-state index in [2.05, 4.69) is 41.2 Å². The van der Waals surface area contributed by atoms with Gasteiger partial charge in [0, 0.05) is 36.5 Å². The third-order valence-electron chi connectivity index (χ3n) is 4.25. The van der Waals surface area contributed by atoms with Crippen LogP contribution < -0.4 is 0 Å². The molecule has 0 spiro atoms. The van der Waals surface area contributed by atoms with Gasteiger partial charge in [-0.3, -0.25) is 9.67 Å². The number of aromatic nitrogens is 8. The van der Waals surface area contributed by atoms with Crippen molar-refractivity contribution >= 4 is 15.9 Å². The highest BCUT2D eigenvalue weighted by atomic mass is 79.9. The molecule has 0 N–H and O–H groups in total. The van der Waals surface area contributed by atoms with Crippen molar-refractivity contribution in [2.45, 2.75) is 19.0 Å². The molecule has 4 aromatic heterocycles. The molecule has 4 rings (SSSR count). The largest absolute Gasteiger partial charge is 0.333 e. The Morgan fingerprint density at radius 2 is 1.93 bits per heavy atom. The Kier molecular flexibility index (Phi) is 4.99. The lowest BCUT2D eigenvalue weighted by Gasteiger charge is -2.16. The molecule has 11 heteroatoms. The van der Waals surface area contributed by atoms with Gasteiger partial charge in [-0.25, -0.2) is 14.3 Å². The predicted octanol–water partition coefficient (Wildman–Crippen LogP) is 3.26. The monoisotopic (exact) mass is 448 g/mol. The van der Waals surface area contributed by atoms with Crippen molar-refractivity contribution < 1.29 is 8.78 Å². The minimum absolute atomic E-state index is 0.323. The molecule has 1 unspecified atom stereocenters. The second kappa shape index (κ2) is 7.58. The fraction of sp³-hybridized carbons (Fsp3) is 0.235. The van der Waals surface area contributed by atoms with Crippen molar-refractivity contribution in [1.82, 2.24) is 39.3 Å². The van der Waals surface area contributed by atoms with Crippen LogP contribution in [0.3, 0.4) is 0 Å². The normalized spacial score (nSPS) is 12.6. The summed E-state index contributed by atoms with van der Waals surface area (Å²) < 4.78 is 30.6. The molecule has 0 aliphatic carbocycles. The number of alkyl halides is 2.